The molecule has 0 spiro atoms. The lowest BCUT2D eigenvalue weighted by atomic mass is 9.87. The van der Waals surface area contributed by atoms with Crippen molar-refractivity contribution in [1.82, 2.24) is 5.32 Å². The van der Waals surface area contributed by atoms with Gasteiger partial charge in [0.15, 0.2) is 0 Å². The molecule has 1 aliphatic rings. The van der Waals surface area contributed by atoms with Crippen LogP contribution in [0.3, 0.4) is 0 Å². The van der Waals surface area contributed by atoms with Gasteiger partial charge in [0.25, 0.3) is 0 Å². The molecule has 2 aromatic carbocycles. The van der Waals surface area contributed by atoms with Gasteiger partial charge in [-0.3, -0.25) is 4.79 Å². The van der Waals surface area contributed by atoms with Crippen LogP contribution >= 0.6 is 0 Å². The minimum absolute atomic E-state index is 0.0455. The molecule has 114 valence electrons. The highest BCUT2D eigenvalue weighted by Gasteiger charge is 2.32. The number of nitrogens with one attached hydrogen (secondary N) is 1. The Morgan fingerprint density at radius 2 is 1.64 bits per heavy atom. The van der Waals surface area contributed by atoms with E-state index in [-0.39, 0.29) is 17.9 Å². The normalized spacial score (nSPS) is 14.5. The molecule has 0 bridgehead atoms. The molecule has 1 atom stereocenters. The van der Waals surface area contributed by atoms with E-state index >= 15 is 0 Å². The first-order valence-electron chi connectivity index (χ1n) is 7.86. The highest BCUT2D eigenvalue weighted by molar-refractivity contribution is 5.89. The van der Waals surface area contributed by atoms with E-state index in [9.17, 15) is 4.79 Å². The monoisotopic (exact) mass is 295 g/mol. The number of hydrogen-bond acceptors (Lipinski definition) is 2. The number of benzene rings is 2. The topological polar surface area (TPSA) is 38.3 Å². The average Bonchev–Trinajstić information content (AvgIpc) is 2.52. The van der Waals surface area contributed by atoms with E-state index in [2.05, 4.69) is 19.2 Å². The highest BCUT2D eigenvalue weighted by Crippen LogP contribution is 2.43. The molecule has 0 aliphatic carbocycles. The van der Waals surface area contributed by atoms with Crippen LogP contribution in [0, 0.1) is 0 Å². The first-order valence-corrected chi connectivity index (χ1v) is 7.86. The maximum absolute atomic E-state index is 12.8. The number of hydrogen-bond donors (Lipinski definition) is 1. The fourth-order valence-electron chi connectivity index (χ4n) is 3.02. The Balaban J connectivity index is 1.97. The molecule has 3 rings (SSSR count). The van der Waals surface area contributed by atoms with E-state index in [4.69, 9.17) is 4.74 Å². The molecule has 1 aliphatic heterocycles. The van der Waals surface area contributed by atoms with E-state index in [1.54, 1.807) is 0 Å². The summed E-state index contributed by atoms with van der Waals surface area (Å²) in [6.07, 6.45) is 2.04. The van der Waals surface area contributed by atoms with Crippen LogP contribution < -0.4 is 10.1 Å². The lowest BCUT2D eigenvalue weighted by molar-refractivity contribution is -0.122. The minimum atomic E-state index is -0.305. The SMILES string of the molecule is CCC[C@@H](C)NC(=O)C1c2ccccc2Oc2ccccc21. The van der Waals surface area contributed by atoms with Crippen molar-refractivity contribution in [3.63, 3.8) is 0 Å². The highest BCUT2D eigenvalue weighted by atomic mass is 16.5. The number of fused-ring (bicyclic) bond motifs is 2. The van der Waals surface area contributed by atoms with Crippen LogP contribution in [0.15, 0.2) is 48.5 Å². The number of carbonyl (C=O) groups is 1. The Bertz CT molecular complexity index is 635. The zero-order valence-electron chi connectivity index (χ0n) is 13.0. The maximum Gasteiger partial charge on any atom is 0.232 e. The summed E-state index contributed by atoms with van der Waals surface area (Å²) in [7, 11) is 0. The largest absolute Gasteiger partial charge is 0.457 e. The molecular formula is C19H21NO2. The van der Waals surface area contributed by atoms with Gasteiger partial charge in [-0.25, -0.2) is 0 Å². The lowest BCUT2D eigenvalue weighted by Gasteiger charge is -2.28. The van der Waals surface area contributed by atoms with E-state index in [1.165, 1.54) is 0 Å². The third-order valence-electron chi connectivity index (χ3n) is 4.05. The molecule has 0 saturated heterocycles. The van der Waals surface area contributed by atoms with Crippen molar-refractivity contribution in [2.75, 3.05) is 0 Å². The van der Waals surface area contributed by atoms with Crippen LogP contribution in [-0.2, 0) is 4.79 Å². The Kier molecular flexibility index (Phi) is 4.14. The van der Waals surface area contributed by atoms with E-state index < -0.39 is 0 Å². The van der Waals surface area contributed by atoms with Crippen molar-refractivity contribution < 1.29 is 9.53 Å². The van der Waals surface area contributed by atoms with Gasteiger partial charge in [-0.1, -0.05) is 49.7 Å². The molecule has 22 heavy (non-hydrogen) atoms. The molecule has 0 radical (unpaired) electrons. The third-order valence-corrected chi connectivity index (χ3v) is 4.05. The summed E-state index contributed by atoms with van der Waals surface area (Å²) in [5.41, 5.74) is 1.87. The van der Waals surface area contributed by atoms with Gasteiger partial charge in [-0.05, 0) is 25.5 Å². The Morgan fingerprint density at radius 3 is 2.18 bits per heavy atom. The quantitative estimate of drug-likeness (QED) is 0.916. The standard InChI is InChI=1S/C19H21NO2/c1-3-8-13(2)20-19(21)18-14-9-4-6-11-16(14)22-17-12-7-5-10-15(17)18/h4-7,9-13,18H,3,8H2,1-2H3,(H,20,21)/t13-/m1/s1. The van der Waals surface area contributed by atoms with Crippen molar-refractivity contribution in [2.45, 2.75) is 38.6 Å². The predicted octanol–water partition coefficient (Wildman–Crippen LogP) is 4.23. The number of ether oxygens (including phenoxy) is 1. The van der Waals surface area contributed by atoms with Crippen molar-refractivity contribution in [3.8, 4) is 11.5 Å². The van der Waals surface area contributed by atoms with E-state index in [0.29, 0.717) is 0 Å². The summed E-state index contributed by atoms with van der Waals surface area (Å²) < 4.78 is 5.93. The molecule has 2 aromatic rings. The number of para-hydroxylation sites is 2. The van der Waals surface area contributed by atoms with Crippen LogP contribution in [0.2, 0.25) is 0 Å². The summed E-state index contributed by atoms with van der Waals surface area (Å²) >= 11 is 0. The molecule has 3 heteroatoms. The average molecular weight is 295 g/mol. The smallest absolute Gasteiger partial charge is 0.232 e. The van der Waals surface area contributed by atoms with E-state index in [1.807, 2.05) is 48.5 Å². The zero-order chi connectivity index (χ0) is 15.5. The fraction of sp³-hybridized carbons (Fsp3) is 0.316. The molecule has 0 unspecified atom stereocenters. The molecule has 0 saturated carbocycles. The Morgan fingerprint density at radius 1 is 1.09 bits per heavy atom. The molecule has 3 nitrogen and oxygen atoms in total. The Labute approximate surface area is 131 Å². The first kappa shape index (κ1) is 14.6. The van der Waals surface area contributed by atoms with Gasteiger partial charge >= 0.3 is 0 Å². The van der Waals surface area contributed by atoms with Gasteiger partial charge in [0.2, 0.25) is 5.91 Å². The van der Waals surface area contributed by atoms with Crippen LogP contribution in [0.4, 0.5) is 0 Å². The van der Waals surface area contributed by atoms with Gasteiger partial charge in [0, 0.05) is 17.2 Å². The molecule has 0 aromatic heterocycles. The van der Waals surface area contributed by atoms with Crippen LogP contribution in [0.5, 0.6) is 11.5 Å². The van der Waals surface area contributed by atoms with Crippen LogP contribution in [-0.4, -0.2) is 11.9 Å². The summed E-state index contributed by atoms with van der Waals surface area (Å²) in [5, 5.41) is 3.14. The predicted molar refractivity (Wildman–Crippen MR) is 87.3 cm³/mol. The summed E-state index contributed by atoms with van der Waals surface area (Å²) in [4.78, 5) is 12.8. The summed E-state index contributed by atoms with van der Waals surface area (Å²) in [5.74, 6) is 1.28. The Hall–Kier alpha value is -2.29. The molecule has 0 fully saturated rings. The third kappa shape index (κ3) is 2.71. The lowest BCUT2D eigenvalue weighted by Crippen LogP contribution is -2.37. The molecule has 1 heterocycles. The van der Waals surface area contributed by atoms with Crippen molar-refractivity contribution in [3.05, 3.63) is 59.7 Å². The van der Waals surface area contributed by atoms with Gasteiger partial charge in [-0.15, -0.1) is 0 Å². The first-order chi connectivity index (χ1) is 10.7. The second-order valence-electron chi connectivity index (χ2n) is 5.81. The number of rotatable bonds is 4. The number of amides is 1. The minimum Gasteiger partial charge on any atom is -0.457 e. The van der Waals surface area contributed by atoms with Crippen LogP contribution in [0.1, 0.15) is 43.7 Å². The number of carbonyl (C=O) groups excluding carboxylic acids is 1. The zero-order valence-corrected chi connectivity index (χ0v) is 13.0. The van der Waals surface area contributed by atoms with Crippen molar-refractivity contribution in [1.29, 1.82) is 0 Å². The van der Waals surface area contributed by atoms with Gasteiger partial charge in [0.05, 0.1) is 5.92 Å². The van der Waals surface area contributed by atoms with Gasteiger partial charge in [-0.2, -0.15) is 0 Å². The summed E-state index contributed by atoms with van der Waals surface area (Å²) in [6.45, 7) is 4.18. The van der Waals surface area contributed by atoms with Gasteiger partial charge in [0.1, 0.15) is 11.5 Å². The van der Waals surface area contributed by atoms with Gasteiger partial charge < -0.3 is 10.1 Å². The maximum atomic E-state index is 12.8. The molecule has 1 amide bonds. The summed E-state index contributed by atoms with van der Waals surface area (Å²) in [6, 6.07) is 15.7. The second-order valence-corrected chi connectivity index (χ2v) is 5.81. The second kappa shape index (κ2) is 6.22. The fourth-order valence-corrected chi connectivity index (χ4v) is 3.02. The van der Waals surface area contributed by atoms with Crippen molar-refractivity contribution in [2.24, 2.45) is 0 Å². The van der Waals surface area contributed by atoms with E-state index in [0.717, 1.165) is 35.5 Å². The molecule has 1 N–H and O–H groups in total. The van der Waals surface area contributed by atoms with Crippen LogP contribution in [0.25, 0.3) is 0 Å². The molecular weight excluding hydrogens is 274 g/mol. The van der Waals surface area contributed by atoms with Crippen molar-refractivity contribution >= 4 is 5.91 Å².